The van der Waals surface area contributed by atoms with Crippen LogP contribution in [0.3, 0.4) is 0 Å². The molecule has 0 amide bonds. The van der Waals surface area contributed by atoms with E-state index in [2.05, 4.69) is 94.4 Å². The molecular weight excluding hydrogens is 299 g/mol. The normalized spacial score (nSPS) is 18.2. The van der Waals surface area contributed by atoms with E-state index in [0.717, 1.165) is 0 Å². The highest BCUT2D eigenvalue weighted by Crippen LogP contribution is 2.73. The highest BCUT2D eigenvalue weighted by molar-refractivity contribution is 6.90. The topological polar surface area (TPSA) is 0 Å². The molecule has 0 aliphatic carbocycles. The minimum Gasteiger partial charge on any atom is -0.0783 e. The Hall–Kier alpha value is -2.28. The first-order valence-corrected chi connectivity index (χ1v) is 9.25. The summed E-state index contributed by atoms with van der Waals surface area (Å²) in [7, 11) is 0. The lowest BCUT2D eigenvalue weighted by molar-refractivity contribution is 0.628. The summed E-state index contributed by atoms with van der Waals surface area (Å²) in [4.78, 5) is 0. The molecule has 0 unspecified atom stereocenters. The first kappa shape index (κ1) is 15.0. The van der Waals surface area contributed by atoms with Gasteiger partial charge in [-0.1, -0.05) is 111 Å². The summed E-state index contributed by atoms with van der Waals surface area (Å²) in [5.41, 5.74) is 1.49. The predicted octanol–water partition coefficient (Wildman–Crippen LogP) is 6.42. The molecule has 0 saturated carbocycles. The summed E-state index contributed by atoms with van der Waals surface area (Å²) in [5.74, 6) is 0. The van der Waals surface area contributed by atoms with Gasteiger partial charge in [-0.3, -0.25) is 0 Å². The number of hydrogen-bond acceptors (Lipinski definition) is 0. The van der Waals surface area contributed by atoms with E-state index in [1.165, 1.54) is 37.8 Å². The maximum Gasteiger partial charge on any atom is 0.187 e. The molecule has 1 saturated heterocycles. The minimum absolute atomic E-state index is 0.379. The van der Waals surface area contributed by atoms with Crippen LogP contribution in [0.2, 0.25) is 10.6 Å². The molecule has 0 aromatic heterocycles. The number of benzene rings is 4. The van der Waals surface area contributed by atoms with Crippen LogP contribution >= 0.6 is 0 Å². The maximum atomic E-state index is 2.43. The number of hydrogen-bond donors (Lipinski definition) is 0. The fourth-order valence-electron chi connectivity index (χ4n) is 5.06. The zero-order valence-corrected chi connectivity index (χ0v) is 15.4. The maximum absolute atomic E-state index is 2.43. The van der Waals surface area contributed by atoms with Gasteiger partial charge in [-0.05, 0) is 32.3 Å². The van der Waals surface area contributed by atoms with Crippen molar-refractivity contribution in [3.05, 3.63) is 66.7 Å². The molecule has 1 heteroatoms. The Morgan fingerprint density at radius 3 is 1.92 bits per heavy atom. The quantitative estimate of drug-likeness (QED) is 0.280. The zero-order valence-electron chi connectivity index (χ0n) is 15.4. The fraction of sp³-hybridized carbons (Fsp3) is 0.250. The van der Waals surface area contributed by atoms with E-state index in [0.29, 0.717) is 17.3 Å². The van der Waals surface area contributed by atoms with Crippen molar-refractivity contribution in [3.8, 4) is 0 Å². The molecule has 25 heavy (non-hydrogen) atoms. The largest absolute Gasteiger partial charge is 0.187 e. The van der Waals surface area contributed by atoms with Crippen molar-refractivity contribution in [1.82, 2.24) is 0 Å². The minimum atomic E-state index is 0.379. The van der Waals surface area contributed by atoms with Gasteiger partial charge in [-0.25, -0.2) is 0 Å². The molecule has 5 rings (SSSR count). The Bertz CT molecular complexity index is 1140. The van der Waals surface area contributed by atoms with Crippen molar-refractivity contribution in [2.45, 2.75) is 38.3 Å². The SMILES string of the molecule is CC1(C)B(c2ccc3c(ccc4ccc5ccccc5c43)c2)C1(C)C. The van der Waals surface area contributed by atoms with E-state index in [1.54, 1.807) is 0 Å². The van der Waals surface area contributed by atoms with Crippen LogP contribution in [0, 0.1) is 0 Å². The lowest BCUT2D eigenvalue weighted by atomic mass is 9.53. The van der Waals surface area contributed by atoms with E-state index in [4.69, 9.17) is 0 Å². The average molecular weight is 322 g/mol. The molecule has 0 nitrogen and oxygen atoms in total. The van der Waals surface area contributed by atoms with Gasteiger partial charge in [0.15, 0.2) is 6.71 Å². The highest BCUT2D eigenvalue weighted by atomic mass is 14.5. The zero-order chi connectivity index (χ0) is 17.4. The van der Waals surface area contributed by atoms with Crippen molar-refractivity contribution in [2.24, 2.45) is 0 Å². The summed E-state index contributed by atoms with van der Waals surface area (Å²) in [6, 6.07) is 24.9. The second-order valence-electron chi connectivity index (χ2n) is 8.81. The van der Waals surface area contributed by atoms with Gasteiger partial charge in [-0.15, -0.1) is 0 Å². The van der Waals surface area contributed by atoms with Gasteiger partial charge < -0.3 is 0 Å². The third-order valence-electron chi connectivity index (χ3n) is 7.10. The third-order valence-corrected chi connectivity index (χ3v) is 7.10. The van der Waals surface area contributed by atoms with Crippen LogP contribution in [-0.4, -0.2) is 6.71 Å². The summed E-state index contributed by atoms with van der Waals surface area (Å²) in [5, 5.41) is 8.87. The Morgan fingerprint density at radius 1 is 0.600 bits per heavy atom. The molecule has 1 fully saturated rings. The van der Waals surface area contributed by atoms with Crippen LogP contribution in [0.25, 0.3) is 32.3 Å². The lowest BCUT2D eigenvalue weighted by Crippen LogP contribution is -2.20. The summed E-state index contributed by atoms with van der Waals surface area (Å²) in [6.45, 7) is 10.2. The molecule has 0 N–H and O–H groups in total. The molecule has 0 bridgehead atoms. The van der Waals surface area contributed by atoms with Crippen molar-refractivity contribution >= 4 is 44.5 Å². The van der Waals surface area contributed by atoms with Crippen molar-refractivity contribution < 1.29 is 0 Å². The van der Waals surface area contributed by atoms with E-state index >= 15 is 0 Å². The molecule has 0 radical (unpaired) electrons. The van der Waals surface area contributed by atoms with E-state index in [9.17, 15) is 0 Å². The average Bonchev–Trinajstić information content (AvgIpc) is 3.02. The molecule has 1 aliphatic rings. The molecule has 4 aromatic carbocycles. The van der Waals surface area contributed by atoms with Gasteiger partial charge in [0.25, 0.3) is 0 Å². The van der Waals surface area contributed by atoms with Crippen LogP contribution in [0.5, 0.6) is 0 Å². The molecule has 0 atom stereocenters. The first-order valence-electron chi connectivity index (χ1n) is 9.25. The second-order valence-corrected chi connectivity index (χ2v) is 8.81. The smallest absolute Gasteiger partial charge is 0.0783 e. The third kappa shape index (κ3) is 1.90. The Kier molecular flexibility index (Phi) is 2.80. The predicted molar refractivity (Wildman–Crippen MR) is 112 cm³/mol. The molecule has 122 valence electrons. The van der Waals surface area contributed by atoms with E-state index in [-0.39, 0.29) is 0 Å². The summed E-state index contributed by atoms with van der Waals surface area (Å²) >= 11 is 0. The summed E-state index contributed by atoms with van der Waals surface area (Å²) in [6.07, 6.45) is 0. The highest BCUT2D eigenvalue weighted by Gasteiger charge is 2.67. The Morgan fingerprint density at radius 2 is 1.20 bits per heavy atom. The molecular formula is C24H23B. The van der Waals surface area contributed by atoms with E-state index in [1.807, 2.05) is 0 Å². The Balaban J connectivity index is 1.79. The number of fused-ring (bicyclic) bond motifs is 5. The van der Waals surface area contributed by atoms with Crippen molar-refractivity contribution in [1.29, 1.82) is 0 Å². The molecule has 1 aliphatic heterocycles. The number of rotatable bonds is 1. The fourth-order valence-corrected chi connectivity index (χ4v) is 5.06. The van der Waals surface area contributed by atoms with Crippen LogP contribution in [-0.2, 0) is 0 Å². The van der Waals surface area contributed by atoms with Gasteiger partial charge in [0, 0.05) is 0 Å². The van der Waals surface area contributed by atoms with Gasteiger partial charge >= 0.3 is 0 Å². The van der Waals surface area contributed by atoms with Crippen LogP contribution < -0.4 is 5.46 Å². The lowest BCUT2D eigenvalue weighted by Gasteiger charge is -2.10. The van der Waals surface area contributed by atoms with E-state index < -0.39 is 0 Å². The molecule has 1 heterocycles. The van der Waals surface area contributed by atoms with Crippen LogP contribution in [0.4, 0.5) is 0 Å². The van der Waals surface area contributed by atoms with Crippen LogP contribution in [0.1, 0.15) is 27.7 Å². The molecule has 0 spiro atoms. The van der Waals surface area contributed by atoms with Crippen molar-refractivity contribution in [3.63, 3.8) is 0 Å². The van der Waals surface area contributed by atoms with Crippen molar-refractivity contribution in [2.75, 3.05) is 0 Å². The summed E-state index contributed by atoms with van der Waals surface area (Å²) < 4.78 is 0. The van der Waals surface area contributed by atoms with Gasteiger partial charge in [-0.2, -0.15) is 0 Å². The van der Waals surface area contributed by atoms with Gasteiger partial charge in [0.2, 0.25) is 0 Å². The van der Waals surface area contributed by atoms with Gasteiger partial charge in [0.1, 0.15) is 0 Å². The Labute approximate surface area is 149 Å². The van der Waals surface area contributed by atoms with Crippen LogP contribution in [0.15, 0.2) is 66.7 Å². The molecule has 4 aromatic rings. The monoisotopic (exact) mass is 322 g/mol. The van der Waals surface area contributed by atoms with Gasteiger partial charge in [0.05, 0.1) is 0 Å². The first-order chi connectivity index (χ1) is 11.9. The second kappa shape index (κ2) is 4.66. The standard InChI is InChI=1S/C24H23B/c1-23(2)24(3,4)25(23)19-13-14-21-18(15-19)12-11-17-10-9-16-7-5-6-8-20(16)22(17)21/h5-15H,1-4H3.